The van der Waals surface area contributed by atoms with Crippen LogP contribution in [0.4, 0.5) is 17.2 Å². The number of para-hydroxylation sites is 1. The number of nitrogens with zero attached hydrogens (tertiary/aromatic N) is 5. The lowest BCUT2D eigenvalue weighted by Gasteiger charge is -2.36. The van der Waals surface area contributed by atoms with E-state index in [0.29, 0.717) is 31.1 Å². The number of benzene rings is 1. The van der Waals surface area contributed by atoms with Crippen LogP contribution in [0.1, 0.15) is 6.92 Å². The van der Waals surface area contributed by atoms with Gasteiger partial charge in [0.05, 0.1) is 17.7 Å². The molecule has 8 heteroatoms. The van der Waals surface area contributed by atoms with Crippen LogP contribution in [0.5, 0.6) is 5.75 Å². The number of rotatable bonds is 5. The van der Waals surface area contributed by atoms with Gasteiger partial charge in [0.15, 0.2) is 5.75 Å². The summed E-state index contributed by atoms with van der Waals surface area (Å²) in [5.74, 6) is 1.14. The van der Waals surface area contributed by atoms with E-state index < -0.39 is 0 Å². The normalized spacial score (nSPS) is 14.5. The predicted molar refractivity (Wildman–Crippen MR) is 90.7 cm³/mol. The molecular weight excluding hydrogens is 310 g/mol. The number of ether oxygens (including phenoxy) is 1. The molecule has 3 rings (SSSR count). The van der Waals surface area contributed by atoms with E-state index in [0.717, 1.165) is 18.9 Å². The van der Waals surface area contributed by atoms with Crippen LogP contribution in [0, 0.1) is 10.1 Å². The van der Waals surface area contributed by atoms with E-state index in [1.165, 1.54) is 0 Å². The maximum absolute atomic E-state index is 11.5. The highest BCUT2D eigenvalue weighted by atomic mass is 16.6. The second-order valence-electron chi connectivity index (χ2n) is 5.35. The van der Waals surface area contributed by atoms with Gasteiger partial charge >= 0.3 is 5.69 Å². The number of nitro benzene ring substituents is 1. The molecule has 8 nitrogen and oxygen atoms in total. The molecule has 126 valence electrons. The zero-order valence-electron chi connectivity index (χ0n) is 13.5. The van der Waals surface area contributed by atoms with E-state index in [-0.39, 0.29) is 10.6 Å². The smallest absolute Gasteiger partial charge is 0.333 e. The van der Waals surface area contributed by atoms with Crippen LogP contribution in [0.15, 0.2) is 36.8 Å². The van der Waals surface area contributed by atoms with Crippen molar-refractivity contribution >= 4 is 17.2 Å². The number of hydrogen-bond donors (Lipinski definition) is 0. The maximum Gasteiger partial charge on any atom is 0.333 e. The third kappa shape index (κ3) is 3.22. The molecule has 2 heterocycles. The van der Waals surface area contributed by atoms with E-state index in [1.807, 2.05) is 11.8 Å². The minimum absolute atomic E-state index is 0.0345. The minimum atomic E-state index is -0.366. The van der Waals surface area contributed by atoms with Gasteiger partial charge in [0.25, 0.3) is 0 Å². The molecule has 0 unspecified atom stereocenters. The predicted octanol–water partition coefficient (Wildman–Crippen LogP) is 2.11. The maximum atomic E-state index is 11.5. The molecule has 0 bridgehead atoms. The highest BCUT2D eigenvalue weighted by Crippen LogP contribution is 2.37. The van der Waals surface area contributed by atoms with Gasteiger partial charge in [-0.05, 0) is 19.1 Å². The van der Waals surface area contributed by atoms with Crippen molar-refractivity contribution in [2.45, 2.75) is 6.92 Å². The fourth-order valence-corrected chi connectivity index (χ4v) is 2.85. The van der Waals surface area contributed by atoms with E-state index in [2.05, 4.69) is 14.9 Å². The van der Waals surface area contributed by atoms with Crippen LogP contribution in [0.2, 0.25) is 0 Å². The fourth-order valence-electron chi connectivity index (χ4n) is 2.85. The second kappa shape index (κ2) is 7.12. The van der Waals surface area contributed by atoms with Crippen molar-refractivity contribution in [3.63, 3.8) is 0 Å². The number of hydrogen-bond acceptors (Lipinski definition) is 7. The van der Waals surface area contributed by atoms with Gasteiger partial charge < -0.3 is 14.5 Å². The summed E-state index contributed by atoms with van der Waals surface area (Å²) in [5, 5.41) is 11.5. The van der Waals surface area contributed by atoms with Crippen LogP contribution in [0.3, 0.4) is 0 Å². The Bertz CT molecular complexity index is 702. The molecule has 0 amide bonds. The average molecular weight is 329 g/mol. The molecule has 1 saturated heterocycles. The van der Waals surface area contributed by atoms with Crippen molar-refractivity contribution in [1.29, 1.82) is 0 Å². The van der Waals surface area contributed by atoms with Gasteiger partial charge in [0, 0.05) is 38.6 Å². The summed E-state index contributed by atoms with van der Waals surface area (Å²) in [6.45, 7) is 5.02. The minimum Gasteiger partial charge on any atom is -0.487 e. The van der Waals surface area contributed by atoms with E-state index >= 15 is 0 Å². The summed E-state index contributed by atoms with van der Waals surface area (Å²) in [7, 11) is 0. The summed E-state index contributed by atoms with van der Waals surface area (Å²) in [6, 6.07) is 5.21. The fraction of sp³-hybridized carbons (Fsp3) is 0.375. The Balaban J connectivity index is 1.79. The molecule has 2 aromatic rings. The Hall–Kier alpha value is -2.90. The lowest BCUT2D eigenvalue weighted by Crippen LogP contribution is -2.47. The Morgan fingerprint density at radius 2 is 1.96 bits per heavy atom. The molecule has 1 aliphatic rings. The van der Waals surface area contributed by atoms with Crippen LogP contribution >= 0.6 is 0 Å². The number of nitro groups is 1. The highest BCUT2D eigenvalue weighted by Gasteiger charge is 2.27. The summed E-state index contributed by atoms with van der Waals surface area (Å²) in [4.78, 5) is 23.7. The lowest BCUT2D eigenvalue weighted by atomic mass is 10.2. The first-order valence-electron chi connectivity index (χ1n) is 7.87. The van der Waals surface area contributed by atoms with Crippen molar-refractivity contribution in [3.8, 4) is 5.75 Å². The third-order valence-electron chi connectivity index (χ3n) is 3.95. The van der Waals surface area contributed by atoms with Crippen LogP contribution in [0.25, 0.3) is 0 Å². The SMILES string of the molecule is CCOc1cccc(N2CCN(c3cnccn3)CC2)c1[N+](=O)[O-]. The van der Waals surface area contributed by atoms with Gasteiger partial charge in [-0.1, -0.05) is 6.07 Å². The highest BCUT2D eigenvalue weighted by molar-refractivity contribution is 5.70. The van der Waals surface area contributed by atoms with Gasteiger partial charge in [0.2, 0.25) is 0 Å². The first-order valence-corrected chi connectivity index (χ1v) is 7.87. The van der Waals surface area contributed by atoms with Crippen LogP contribution in [-0.2, 0) is 0 Å². The molecule has 0 N–H and O–H groups in total. The standard InChI is InChI=1S/C16H19N5O3/c1-2-24-14-5-3-4-13(16(14)21(22)23)19-8-10-20(11-9-19)15-12-17-6-7-18-15/h3-7,12H,2,8-11H2,1H3. The quantitative estimate of drug-likeness (QED) is 0.613. The van der Waals surface area contributed by atoms with Gasteiger partial charge in [-0.25, -0.2) is 4.98 Å². The molecule has 1 aromatic heterocycles. The van der Waals surface area contributed by atoms with Gasteiger partial charge in [-0.15, -0.1) is 0 Å². The number of piperazine rings is 1. The molecule has 1 fully saturated rings. The Morgan fingerprint density at radius 1 is 1.21 bits per heavy atom. The van der Waals surface area contributed by atoms with Crippen molar-refractivity contribution < 1.29 is 9.66 Å². The average Bonchev–Trinajstić information content (AvgIpc) is 2.62. The summed E-state index contributed by atoms with van der Waals surface area (Å²) in [5.41, 5.74) is 0.636. The largest absolute Gasteiger partial charge is 0.487 e. The van der Waals surface area contributed by atoms with Crippen molar-refractivity contribution in [1.82, 2.24) is 9.97 Å². The zero-order chi connectivity index (χ0) is 16.9. The van der Waals surface area contributed by atoms with E-state index in [9.17, 15) is 10.1 Å². The summed E-state index contributed by atoms with van der Waals surface area (Å²) < 4.78 is 5.42. The number of aromatic nitrogens is 2. The van der Waals surface area contributed by atoms with Crippen molar-refractivity contribution in [2.75, 3.05) is 42.6 Å². The van der Waals surface area contributed by atoms with Crippen LogP contribution < -0.4 is 14.5 Å². The summed E-state index contributed by atoms with van der Waals surface area (Å²) in [6.07, 6.45) is 5.04. The molecule has 0 saturated carbocycles. The molecule has 24 heavy (non-hydrogen) atoms. The van der Waals surface area contributed by atoms with E-state index in [1.54, 1.807) is 36.8 Å². The molecular formula is C16H19N5O3. The molecule has 1 aliphatic heterocycles. The van der Waals surface area contributed by atoms with Crippen molar-refractivity contribution in [2.24, 2.45) is 0 Å². The van der Waals surface area contributed by atoms with Gasteiger partial charge in [0.1, 0.15) is 11.5 Å². The third-order valence-corrected chi connectivity index (χ3v) is 3.95. The molecule has 0 aliphatic carbocycles. The molecule has 0 radical (unpaired) electrons. The molecule has 0 spiro atoms. The second-order valence-corrected chi connectivity index (χ2v) is 5.35. The monoisotopic (exact) mass is 329 g/mol. The Labute approximate surface area is 139 Å². The van der Waals surface area contributed by atoms with E-state index in [4.69, 9.17) is 4.74 Å². The zero-order valence-corrected chi connectivity index (χ0v) is 13.5. The Morgan fingerprint density at radius 3 is 2.58 bits per heavy atom. The lowest BCUT2D eigenvalue weighted by molar-refractivity contribution is -0.385. The molecule has 0 atom stereocenters. The van der Waals surface area contributed by atoms with Crippen molar-refractivity contribution in [3.05, 3.63) is 46.9 Å². The number of anilines is 2. The first-order chi connectivity index (χ1) is 11.7. The molecule has 1 aromatic carbocycles. The van der Waals surface area contributed by atoms with Gasteiger partial charge in [-0.2, -0.15) is 0 Å². The van der Waals surface area contributed by atoms with Gasteiger partial charge in [-0.3, -0.25) is 15.1 Å². The summed E-state index contributed by atoms with van der Waals surface area (Å²) >= 11 is 0. The topological polar surface area (TPSA) is 84.6 Å². The first kappa shape index (κ1) is 16.0. The van der Waals surface area contributed by atoms with Crippen LogP contribution in [-0.4, -0.2) is 47.7 Å². The Kier molecular flexibility index (Phi) is 4.74.